The van der Waals surface area contributed by atoms with Crippen LogP contribution in [0.5, 0.6) is 5.75 Å². The molecule has 0 aliphatic carbocycles. The fraction of sp³-hybridized carbons (Fsp3) is 0.627. The lowest BCUT2D eigenvalue weighted by molar-refractivity contribution is -0.142. The van der Waals surface area contributed by atoms with Crippen molar-refractivity contribution >= 4 is 120 Å². The summed E-state index contributed by atoms with van der Waals surface area (Å²) in [7, 11) is 0. The van der Waals surface area contributed by atoms with Crippen molar-refractivity contribution in [3.63, 3.8) is 0 Å². The first-order chi connectivity index (χ1) is 48.2. The number of nitrogens with two attached hydrogens (primary N) is 8. The van der Waals surface area contributed by atoms with Crippen LogP contribution in [0.25, 0.3) is 0 Å². The molecule has 0 fully saturated rings. The van der Waals surface area contributed by atoms with Crippen molar-refractivity contribution in [1.29, 1.82) is 16.2 Å². The van der Waals surface area contributed by atoms with Gasteiger partial charge in [0.15, 0.2) is 17.9 Å². The molecule has 0 spiro atoms. The Labute approximate surface area is 600 Å². The zero-order valence-corrected chi connectivity index (χ0v) is 58.8. The summed E-state index contributed by atoms with van der Waals surface area (Å²) in [4.78, 5) is 177. The van der Waals surface area contributed by atoms with Crippen molar-refractivity contribution in [3.05, 3.63) is 29.8 Å². The van der Waals surface area contributed by atoms with E-state index in [4.69, 9.17) is 62.1 Å². The van der Waals surface area contributed by atoms with Crippen molar-refractivity contribution in [3.8, 4) is 5.75 Å². The van der Waals surface area contributed by atoms with Gasteiger partial charge >= 0.3 is 5.97 Å². The third kappa shape index (κ3) is 35.7. The lowest BCUT2D eigenvalue weighted by Crippen LogP contribution is -2.62. The molecule has 0 aromatic heterocycles. The highest BCUT2D eigenvalue weighted by atomic mass is 32.1. The smallest absolute Gasteiger partial charge is 0.326 e. The van der Waals surface area contributed by atoms with E-state index in [1.165, 1.54) is 24.3 Å². The van der Waals surface area contributed by atoms with E-state index in [1.54, 1.807) is 0 Å². The lowest BCUT2D eigenvalue weighted by Gasteiger charge is -2.29. The average molecular weight is 1480 g/mol. The van der Waals surface area contributed by atoms with Crippen LogP contribution in [0.4, 0.5) is 0 Å². The molecule has 0 saturated heterocycles. The van der Waals surface area contributed by atoms with Gasteiger partial charge in [0.1, 0.15) is 72.2 Å². The number of amides is 12. The molecule has 0 bridgehead atoms. The van der Waals surface area contributed by atoms with Crippen molar-refractivity contribution in [2.75, 3.05) is 50.8 Å². The van der Waals surface area contributed by atoms with Gasteiger partial charge in [0, 0.05) is 31.1 Å². The number of hydrogen-bond donors (Lipinski definition) is 30. The summed E-state index contributed by atoms with van der Waals surface area (Å²) in [6.07, 6.45) is -2.67. The van der Waals surface area contributed by atoms with E-state index < -0.39 is 180 Å². The predicted octanol–water partition coefficient (Wildman–Crippen LogP) is -10.2. The molecule has 1 aromatic carbocycles. The second-order valence-electron chi connectivity index (χ2n) is 23.5. The number of aliphatic hydroxyl groups excluding tert-OH is 1. The first-order valence-corrected chi connectivity index (χ1v) is 34.1. The molecule has 1 aromatic rings. The van der Waals surface area contributed by atoms with Crippen molar-refractivity contribution < 1.29 is 77.6 Å². The van der Waals surface area contributed by atoms with Crippen LogP contribution in [0, 0.1) is 16.2 Å². The molecule has 574 valence electrons. The Morgan fingerprint density at radius 2 is 0.725 bits per heavy atom. The molecule has 0 heterocycles. The Bertz CT molecular complexity index is 2980. The quantitative estimate of drug-likeness (QED) is 0.0125. The summed E-state index contributed by atoms with van der Waals surface area (Å²) in [6, 6.07) is -12.6. The Balaban J connectivity index is 3.46. The Morgan fingerprint density at radius 3 is 1.05 bits per heavy atom. The molecular formula is C59H105N25O16S2. The van der Waals surface area contributed by atoms with Crippen molar-refractivity contribution in [2.45, 2.75) is 182 Å². The van der Waals surface area contributed by atoms with Gasteiger partial charge in [-0.1, -0.05) is 31.9 Å². The number of aliphatic hydroxyl groups is 1. The zero-order valence-electron chi connectivity index (χ0n) is 57.0. The van der Waals surface area contributed by atoms with Crippen LogP contribution >= 0.6 is 25.3 Å². The molecule has 41 nitrogen and oxygen atoms in total. The molecule has 102 heavy (non-hydrogen) atoms. The van der Waals surface area contributed by atoms with Crippen LogP contribution in [0.15, 0.2) is 24.3 Å². The molecule has 13 atom stereocenters. The molecule has 1 rings (SSSR count). The molecule has 43 heteroatoms. The van der Waals surface area contributed by atoms with Crippen molar-refractivity contribution in [2.24, 2.45) is 45.9 Å². The first kappa shape index (κ1) is 90.5. The van der Waals surface area contributed by atoms with Gasteiger partial charge in [-0.2, -0.15) is 25.3 Å². The molecule has 12 amide bonds. The summed E-state index contributed by atoms with van der Waals surface area (Å²) in [5, 5.41) is 87.2. The van der Waals surface area contributed by atoms with Gasteiger partial charge in [0.25, 0.3) is 0 Å². The summed E-state index contributed by atoms with van der Waals surface area (Å²) in [5.41, 5.74) is 45.9. The molecule has 0 radical (unpaired) electrons. The first-order valence-electron chi connectivity index (χ1n) is 32.8. The standard InChI is InChI=1S/C59H105N25O16S2/c1-3-4-8-39(56(99)100)80-48(91)35(11-7-24-73-59(69)70)74-46(89)34(10-6-23-72-58(67)68)76-53(96)42(28-102)83-50(93)36(16-19-60)77-49(92)37(17-20-61)79-55(98)44(29(2)85)84-51(94)38(18-21-62)78-47(90)33(9-5-22-71-57(65)66)75-52(95)40(26-43(64)87)81-54(97)41(27-101)82-45(88)32(63)25-30-12-14-31(86)15-13-30/h12-15,29,32-42,44,85-86,101-102H,3-11,16-28,60-63H2,1-2H3,(H2,64,87)(H,74,89)(H,75,95)(H,76,96)(H,77,92)(H,78,90)(H,79,98)(H,80,91)(H,81,97)(H,82,88)(H,83,93)(H,84,94)(H,99,100)(H4,65,66,71)(H4,67,68,72)(H4,69,70,73)/t29-,32+,33+,34+,35+,36+,37-,38+,39+,40+,41+,42+,44+/m1/s1. The van der Waals surface area contributed by atoms with Crippen LogP contribution in [-0.4, -0.2) is 239 Å². The number of hydrogen-bond acceptors (Lipinski definition) is 24. The summed E-state index contributed by atoms with van der Waals surface area (Å²) in [6.45, 7) is 2.19. The predicted molar refractivity (Wildman–Crippen MR) is 380 cm³/mol. The zero-order chi connectivity index (χ0) is 77.2. The second-order valence-corrected chi connectivity index (χ2v) is 24.2. The van der Waals surface area contributed by atoms with Gasteiger partial charge in [-0.15, -0.1) is 0 Å². The van der Waals surface area contributed by atoms with E-state index in [9.17, 15) is 77.6 Å². The Hall–Kier alpha value is -9.56. The number of primary amides is 1. The normalized spacial score (nSPS) is 14.8. The van der Waals surface area contributed by atoms with Crippen LogP contribution in [0.1, 0.15) is 103 Å². The summed E-state index contributed by atoms with van der Waals surface area (Å²) < 4.78 is 0. The van der Waals surface area contributed by atoms with Gasteiger partial charge in [0.2, 0.25) is 70.9 Å². The van der Waals surface area contributed by atoms with E-state index in [0.717, 1.165) is 6.92 Å². The molecule has 36 N–H and O–H groups in total. The van der Waals surface area contributed by atoms with Gasteiger partial charge in [-0.3, -0.25) is 73.8 Å². The van der Waals surface area contributed by atoms with Crippen LogP contribution in [-0.2, 0) is 68.7 Å². The maximum Gasteiger partial charge on any atom is 0.326 e. The van der Waals surface area contributed by atoms with Crippen LogP contribution < -0.4 is 120 Å². The van der Waals surface area contributed by atoms with E-state index in [1.807, 2.05) is 6.92 Å². The number of carbonyl (C=O) groups is 13. The monoisotopic (exact) mass is 1480 g/mol. The maximum absolute atomic E-state index is 14.2. The summed E-state index contributed by atoms with van der Waals surface area (Å²) >= 11 is 8.39. The maximum atomic E-state index is 14.2. The van der Waals surface area contributed by atoms with Crippen LogP contribution in [0.2, 0.25) is 0 Å². The molecule has 0 saturated carbocycles. The molecule has 0 aliphatic rings. The highest BCUT2D eigenvalue weighted by Gasteiger charge is 2.38. The van der Waals surface area contributed by atoms with E-state index in [2.05, 4.69) is 99.7 Å². The fourth-order valence-electron chi connectivity index (χ4n) is 9.52. The molecular weight excluding hydrogens is 1380 g/mol. The molecule has 0 aliphatic heterocycles. The van der Waals surface area contributed by atoms with Crippen LogP contribution in [0.3, 0.4) is 0 Å². The highest BCUT2D eigenvalue weighted by molar-refractivity contribution is 7.80. The van der Waals surface area contributed by atoms with E-state index in [0.29, 0.717) is 18.4 Å². The number of carboxylic acids is 1. The summed E-state index contributed by atoms with van der Waals surface area (Å²) in [5.74, 6) is -15.6. The number of unbranched alkanes of at least 4 members (excludes halogenated alkanes) is 1. The number of benzene rings is 1. The van der Waals surface area contributed by atoms with Gasteiger partial charge in [-0.25, -0.2) is 4.79 Å². The third-order valence-corrected chi connectivity index (χ3v) is 15.8. The fourth-order valence-corrected chi connectivity index (χ4v) is 10.0. The number of phenols is 1. The number of guanidine groups is 3. The highest BCUT2D eigenvalue weighted by Crippen LogP contribution is 2.13. The Morgan fingerprint density at radius 1 is 0.431 bits per heavy atom. The number of phenolic OH excluding ortho intramolecular Hbond substituents is 1. The second kappa shape index (κ2) is 49.1. The Kier molecular flexibility index (Phi) is 43.5. The number of aliphatic carboxylic acids is 1. The number of rotatable bonds is 51. The van der Waals surface area contributed by atoms with Crippen molar-refractivity contribution in [1.82, 2.24) is 74.4 Å². The third-order valence-electron chi connectivity index (χ3n) is 15.0. The number of carbonyl (C=O) groups excluding carboxylic acids is 12. The minimum atomic E-state index is -1.90. The lowest BCUT2D eigenvalue weighted by atomic mass is 10.0. The number of thiol groups is 2. The topological polar surface area (TPSA) is 731 Å². The SMILES string of the molecule is CCCC[C@H](NC(=O)[C@H](CCCNC(=N)N)NC(=O)[C@H](CCCNC(=N)N)NC(=O)[C@H](CS)NC(=O)[C@H](CCN)NC(=O)[C@@H](CCN)NC(=O)[C@@H](NC(=O)[C@H](CCN)NC(=O)[C@H](CCCNC(=N)N)NC(=O)[C@H](CC(N)=O)NC(=O)[C@H](CS)NC(=O)[C@@H](N)Cc1ccc(O)cc1)[C@@H](C)O)C(=O)O. The van der Waals surface area contributed by atoms with Gasteiger partial charge in [0.05, 0.1) is 18.6 Å². The van der Waals surface area contributed by atoms with E-state index in [-0.39, 0.29) is 127 Å². The largest absolute Gasteiger partial charge is 0.508 e. The number of nitrogens with one attached hydrogen (secondary N) is 17. The van der Waals surface area contributed by atoms with E-state index >= 15 is 0 Å². The number of carboxylic acid groups (broad SMARTS) is 1. The number of aromatic hydroxyl groups is 1. The minimum Gasteiger partial charge on any atom is -0.508 e. The molecule has 0 unspecified atom stereocenters. The van der Waals surface area contributed by atoms with Gasteiger partial charge in [-0.05, 0) is 115 Å². The van der Waals surface area contributed by atoms with Gasteiger partial charge < -0.3 is 136 Å². The average Bonchev–Trinajstić information content (AvgIpc) is 0.862. The minimum absolute atomic E-state index is 0.00656.